The first-order valence-electron chi connectivity index (χ1n) is 11.2. The van der Waals surface area contributed by atoms with Crippen LogP contribution in [0.3, 0.4) is 0 Å². The summed E-state index contributed by atoms with van der Waals surface area (Å²) in [5.41, 5.74) is 1.48. The number of nitrogens with zero attached hydrogens (tertiary/aromatic N) is 5. The van der Waals surface area contributed by atoms with Crippen LogP contribution < -0.4 is 9.04 Å². The summed E-state index contributed by atoms with van der Waals surface area (Å²) in [6, 6.07) is 11.3. The Hall–Kier alpha value is -3.14. The summed E-state index contributed by atoms with van der Waals surface area (Å²) in [4.78, 5) is 18.9. The second-order valence-electron chi connectivity index (χ2n) is 8.63. The van der Waals surface area contributed by atoms with E-state index in [2.05, 4.69) is 10.1 Å². The van der Waals surface area contributed by atoms with Gasteiger partial charge in [-0.15, -0.1) is 0 Å². The number of ether oxygens (including phenoxy) is 1. The number of carbonyl (C=O) groups excluding carboxylic acids is 1. The molecule has 1 saturated heterocycles. The number of fused-ring (bicyclic) bond motifs is 1. The highest BCUT2D eigenvalue weighted by Crippen LogP contribution is 2.33. The van der Waals surface area contributed by atoms with E-state index in [0.29, 0.717) is 37.5 Å². The molecule has 2 aromatic heterocycles. The van der Waals surface area contributed by atoms with Gasteiger partial charge in [0.15, 0.2) is 0 Å². The number of carbonyl (C=O) groups is 1. The molecule has 1 saturated carbocycles. The van der Waals surface area contributed by atoms with Crippen molar-refractivity contribution in [1.82, 2.24) is 19.7 Å². The zero-order chi connectivity index (χ0) is 23.0. The topological polar surface area (TPSA) is 97.6 Å². The van der Waals surface area contributed by atoms with Crippen molar-refractivity contribution in [3.8, 4) is 5.88 Å². The molecule has 0 bridgehead atoms. The third kappa shape index (κ3) is 4.52. The molecule has 2 aliphatic rings. The van der Waals surface area contributed by atoms with E-state index in [0.717, 1.165) is 23.7 Å². The van der Waals surface area contributed by atoms with Gasteiger partial charge in [0.2, 0.25) is 21.8 Å². The Labute approximate surface area is 193 Å². The predicted octanol–water partition coefficient (Wildman–Crippen LogP) is 2.43. The van der Waals surface area contributed by atoms with E-state index < -0.39 is 10.0 Å². The molecular weight excluding hydrogens is 442 g/mol. The van der Waals surface area contributed by atoms with Crippen molar-refractivity contribution in [2.45, 2.75) is 43.6 Å². The van der Waals surface area contributed by atoms with Crippen molar-refractivity contribution in [1.29, 1.82) is 0 Å². The second kappa shape index (κ2) is 8.66. The van der Waals surface area contributed by atoms with Crippen molar-refractivity contribution in [3.05, 3.63) is 48.8 Å². The van der Waals surface area contributed by atoms with Gasteiger partial charge < -0.3 is 9.64 Å². The van der Waals surface area contributed by atoms with Crippen LogP contribution in [-0.2, 0) is 21.4 Å². The lowest BCUT2D eigenvalue weighted by molar-refractivity contribution is -0.133. The Morgan fingerprint density at radius 1 is 1.09 bits per heavy atom. The van der Waals surface area contributed by atoms with Gasteiger partial charge in [-0.1, -0.05) is 18.2 Å². The molecule has 2 fully saturated rings. The van der Waals surface area contributed by atoms with Crippen molar-refractivity contribution in [3.63, 3.8) is 0 Å². The number of rotatable bonds is 7. The summed E-state index contributed by atoms with van der Waals surface area (Å²) in [6.07, 6.45) is 6.14. The summed E-state index contributed by atoms with van der Waals surface area (Å²) in [7, 11) is -1.74. The van der Waals surface area contributed by atoms with Crippen molar-refractivity contribution in [2.75, 3.05) is 24.4 Å². The maximum atomic E-state index is 12.8. The number of para-hydroxylation sites is 1. The van der Waals surface area contributed by atoms with Gasteiger partial charge in [-0.25, -0.2) is 13.4 Å². The number of sulfonamides is 1. The Bertz CT molecular complexity index is 1250. The second-order valence-corrected chi connectivity index (χ2v) is 10.9. The fraction of sp³-hybridized carbons (Fsp3) is 0.435. The Balaban J connectivity index is 1.13. The lowest BCUT2D eigenvalue weighted by Crippen LogP contribution is -2.43. The van der Waals surface area contributed by atoms with Crippen LogP contribution in [0.2, 0.25) is 0 Å². The van der Waals surface area contributed by atoms with E-state index in [1.54, 1.807) is 30.1 Å². The maximum Gasteiger partial charge on any atom is 0.244 e. The first kappa shape index (κ1) is 21.7. The molecule has 1 aliphatic heterocycles. The molecule has 10 heteroatoms. The average molecular weight is 470 g/mol. The fourth-order valence-electron chi connectivity index (χ4n) is 4.14. The van der Waals surface area contributed by atoms with Gasteiger partial charge in [0.1, 0.15) is 12.6 Å². The normalized spacial score (nSPS) is 17.3. The van der Waals surface area contributed by atoms with Crippen molar-refractivity contribution >= 4 is 32.5 Å². The summed E-state index contributed by atoms with van der Waals surface area (Å²) in [5, 5.41) is 5.10. The molecule has 9 nitrogen and oxygen atoms in total. The van der Waals surface area contributed by atoms with Gasteiger partial charge in [-0.2, -0.15) is 5.10 Å². The van der Waals surface area contributed by atoms with Crippen LogP contribution in [0, 0.1) is 0 Å². The maximum absolute atomic E-state index is 12.8. The zero-order valence-corrected chi connectivity index (χ0v) is 19.3. The first-order valence-corrected chi connectivity index (χ1v) is 12.7. The zero-order valence-electron chi connectivity index (χ0n) is 18.5. The Morgan fingerprint density at radius 2 is 1.85 bits per heavy atom. The average Bonchev–Trinajstić information content (AvgIpc) is 3.62. The fourth-order valence-corrected chi connectivity index (χ4v) is 5.72. The highest BCUT2D eigenvalue weighted by Gasteiger charge is 2.39. The highest BCUT2D eigenvalue weighted by molar-refractivity contribution is 7.93. The standard InChI is InChI=1S/C23H27N5O4S/c1-26(33(30,31)20-7-8-20)18-6-9-22(24-15-18)32-19-10-12-27(13-11-19)23(29)16-28-21-5-3-2-4-17(21)14-25-28/h2-6,9,14-15,19-20H,7-8,10-13,16H2,1H3. The van der Waals surface area contributed by atoms with E-state index in [1.165, 1.54) is 10.5 Å². The molecule has 0 spiro atoms. The molecule has 0 unspecified atom stereocenters. The molecule has 174 valence electrons. The summed E-state index contributed by atoms with van der Waals surface area (Å²) in [5.74, 6) is 0.508. The number of likely N-dealkylation sites (tertiary alicyclic amines) is 1. The summed E-state index contributed by atoms with van der Waals surface area (Å²) < 4.78 is 33.8. The highest BCUT2D eigenvalue weighted by atomic mass is 32.2. The molecule has 0 atom stereocenters. The lowest BCUT2D eigenvalue weighted by atomic mass is 10.1. The minimum atomic E-state index is -3.30. The molecule has 1 amide bonds. The summed E-state index contributed by atoms with van der Waals surface area (Å²) in [6.45, 7) is 1.45. The third-order valence-corrected chi connectivity index (χ3v) is 8.62. The molecule has 0 radical (unpaired) electrons. The number of aromatic nitrogens is 3. The van der Waals surface area contributed by atoms with Crippen LogP contribution in [0.1, 0.15) is 25.7 Å². The number of amides is 1. The predicted molar refractivity (Wildman–Crippen MR) is 125 cm³/mol. The van der Waals surface area contributed by atoms with Crippen LogP contribution in [0.15, 0.2) is 48.8 Å². The molecular formula is C23H27N5O4S. The van der Waals surface area contributed by atoms with E-state index >= 15 is 0 Å². The van der Waals surface area contributed by atoms with Crippen molar-refractivity contribution in [2.24, 2.45) is 0 Å². The SMILES string of the molecule is CN(c1ccc(OC2CCN(C(=O)Cn3ncc4ccccc43)CC2)nc1)S(=O)(=O)C1CC1. The Morgan fingerprint density at radius 3 is 2.55 bits per heavy atom. The van der Waals surface area contributed by atoms with Crippen LogP contribution in [-0.4, -0.2) is 65.5 Å². The van der Waals surface area contributed by atoms with Crippen LogP contribution in [0.5, 0.6) is 5.88 Å². The summed E-state index contributed by atoms with van der Waals surface area (Å²) >= 11 is 0. The number of hydrogen-bond acceptors (Lipinski definition) is 6. The monoisotopic (exact) mass is 469 g/mol. The quantitative estimate of drug-likeness (QED) is 0.527. The van der Waals surface area contributed by atoms with Crippen LogP contribution in [0.25, 0.3) is 10.9 Å². The molecule has 0 N–H and O–H groups in total. The molecule has 3 heterocycles. The van der Waals surface area contributed by atoms with Crippen LogP contribution in [0.4, 0.5) is 5.69 Å². The molecule has 3 aromatic rings. The number of benzene rings is 1. The molecule has 5 rings (SSSR count). The number of pyridine rings is 1. The van der Waals surface area contributed by atoms with Gasteiger partial charge in [-0.05, 0) is 25.0 Å². The van der Waals surface area contributed by atoms with E-state index in [1.807, 2.05) is 29.2 Å². The molecule has 1 aromatic carbocycles. The van der Waals surface area contributed by atoms with Crippen molar-refractivity contribution < 1.29 is 17.9 Å². The van der Waals surface area contributed by atoms with Gasteiger partial charge in [-0.3, -0.25) is 13.8 Å². The molecule has 33 heavy (non-hydrogen) atoms. The smallest absolute Gasteiger partial charge is 0.244 e. The van der Waals surface area contributed by atoms with Gasteiger partial charge in [0.25, 0.3) is 0 Å². The lowest BCUT2D eigenvalue weighted by Gasteiger charge is -2.32. The third-order valence-electron chi connectivity index (χ3n) is 6.33. The number of hydrogen-bond donors (Lipinski definition) is 0. The first-order chi connectivity index (χ1) is 15.9. The van der Waals surface area contributed by atoms with Gasteiger partial charge in [0.05, 0.1) is 28.8 Å². The minimum Gasteiger partial charge on any atom is -0.474 e. The molecule has 1 aliphatic carbocycles. The number of piperidine rings is 1. The van der Waals surface area contributed by atoms with E-state index in [4.69, 9.17) is 4.74 Å². The largest absolute Gasteiger partial charge is 0.474 e. The Kier molecular flexibility index (Phi) is 5.69. The van der Waals surface area contributed by atoms with E-state index in [-0.39, 0.29) is 23.8 Å². The van der Waals surface area contributed by atoms with Gasteiger partial charge >= 0.3 is 0 Å². The van der Waals surface area contributed by atoms with Gasteiger partial charge in [0, 0.05) is 44.4 Å². The van der Waals surface area contributed by atoms with Crippen LogP contribution >= 0.6 is 0 Å². The minimum absolute atomic E-state index is 0.0362. The number of anilines is 1. The van der Waals surface area contributed by atoms with E-state index in [9.17, 15) is 13.2 Å².